The maximum atomic E-state index is 12.2. The summed E-state index contributed by atoms with van der Waals surface area (Å²) in [7, 11) is 0. The monoisotopic (exact) mass is 610 g/mol. The van der Waals surface area contributed by atoms with E-state index in [1.165, 1.54) is 57.9 Å². The molecule has 0 aromatic rings. The van der Waals surface area contributed by atoms with E-state index >= 15 is 0 Å². The molecule has 0 aromatic heterocycles. The number of cyclic esters (lactones) is 1. The molecule has 8 nitrogen and oxygen atoms in total. The molecule has 0 saturated carbocycles. The van der Waals surface area contributed by atoms with Gasteiger partial charge in [-0.3, -0.25) is 4.79 Å². The van der Waals surface area contributed by atoms with Crippen LogP contribution in [0.1, 0.15) is 162 Å². The zero-order valence-electron chi connectivity index (χ0n) is 27.1. The molecule has 0 radical (unpaired) electrons. The molecule has 0 bridgehead atoms. The van der Waals surface area contributed by atoms with E-state index in [0.29, 0.717) is 31.3 Å². The second kappa shape index (κ2) is 21.4. The van der Waals surface area contributed by atoms with E-state index in [-0.39, 0.29) is 24.4 Å². The lowest BCUT2D eigenvalue weighted by Gasteiger charge is -2.22. The minimum Gasteiger partial charge on any atom is -0.426 e. The molecule has 0 spiro atoms. The third kappa shape index (κ3) is 16.5. The summed E-state index contributed by atoms with van der Waals surface area (Å²) in [5.41, 5.74) is 0.308. The van der Waals surface area contributed by atoms with Gasteiger partial charge in [-0.2, -0.15) is 0 Å². The van der Waals surface area contributed by atoms with E-state index in [1.54, 1.807) is 0 Å². The Morgan fingerprint density at radius 3 is 1.77 bits per heavy atom. The number of unbranched alkanes of at least 4 members (excludes halogenated alkanes) is 12. The van der Waals surface area contributed by atoms with Gasteiger partial charge in [0.1, 0.15) is 5.78 Å². The molecule has 2 rings (SSSR count). The smallest absolute Gasteiger partial charge is 0.336 e. The Hall–Kier alpha value is -1.32. The van der Waals surface area contributed by atoms with Gasteiger partial charge >= 0.3 is 5.97 Å². The maximum Gasteiger partial charge on any atom is 0.336 e. The van der Waals surface area contributed by atoms with Crippen LogP contribution in [0.25, 0.3) is 0 Å². The third-order valence-corrected chi connectivity index (χ3v) is 8.95. The fourth-order valence-corrected chi connectivity index (χ4v) is 6.31. The number of ether oxygens (including phenoxy) is 2. The highest BCUT2D eigenvalue weighted by atomic mass is 16.7. The SMILES string of the molecule is CCCCCCCCCC[C@@H](O)[C@@H]1CC[C@H]([C@@H](O)CCCCCCC(=O)CCCCC[C@@H](O)CC2=C[C@](C)(O)OC2=O)O1. The number of aliphatic hydroxyl groups excluding tert-OH is 3. The van der Waals surface area contributed by atoms with Crippen LogP contribution in [0.4, 0.5) is 0 Å². The van der Waals surface area contributed by atoms with E-state index in [4.69, 9.17) is 9.47 Å². The number of Topliss-reactive ketones (excluding diaryl/α,β-unsaturated/α-hetero) is 1. The molecule has 43 heavy (non-hydrogen) atoms. The number of aliphatic hydroxyl groups is 4. The predicted octanol–water partition coefficient (Wildman–Crippen LogP) is 6.59. The van der Waals surface area contributed by atoms with Gasteiger partial charge in [0.05, 0.1) is 30.5 Å². The van der Waals surface area contributed by atoms with Crippen molar-refractivity contribution in [2.75, 3.05) is 0 Å². The average Bonchev–Trinajstić information content (AvgIpc) is 3.55. The van der Waals surface area contributed by atoms with Gasteiger partial charge in [-0.15, -0.1) is 0 Å². The number of esters is 1. The maximum absolute atomic E-state index is 12.2. The Kier molecular flexibility index (Phi) is 18.9. The number of hydrogen-bond acceptors (Lipinski definition) is 8. The topological polar surface area (TPSA) is 134 Å². The molecular weight excluding hydrogens is 548 g/mol. The largest absolute Gasteiger partial charge is 0.426 e. The van der Waals surface area contributed by atoms with E-state index in [1.807, 2.05) is 0 Å². The molecule has 4 N–H and O–H groups in total. The van der Waals surface area contributed by atoms with Crippen molar-refractivity contribution in [2.24, 2.45) is 0 Å². The highest BCUT2D eigenvalue weighted by Crippen LogP contribution is 2.29. The Morgan fingerprint density at radius 2 is 1.26 bits per heavy atom. The molecule has 6 atom stereocenters. The first-order valence-corrected chi connectivity index (χ1v) is 17.5. The van der Waals surface area contributed by atoms with Crippen LogP contribution in [-0.4, -0.2) is 68.5 Å². The molecule has 2 heterocycles. The van der Waals surface area contributed by atoms with E-state index in [2.05, 4.69) is 6.92 Å². The van der Waals surface area contributed by atoms with Crippen molar-refractivity contribution in [3.8, 4) is 0 Å². The summed E-state index contributed by atoms with van der Waals surface area (Å²) in [6.07, 6.45) is 20.6. The fraction of sp³-hybridized carbons (Fsp3) is 0.886. The van der Waals surface area contributed by atoms with E-state index in [9.17, 15) is 30.0 Å². The van der Waals surface area contributed by atoms with Gasteiger partial charge in [0.15, 0.2) is 0 Å². The van der Waals surface area contributed by atoms with Crippen LogP contribution in [0.3, 0.4) is 0 Å². The quantitative estimate of drug-likeness (QED) is 0.0637. The Bertz CT molecular complexity index is 810. The summed E-state index contributed by atoms with van der Waals surface area (Å²) in [5, 5.41) is 41.0. The van der Waals surface area contributed by atoms with Crippen molar-refractivity contribution in [1.29, 1.82) is 0 Å². The normalized spacial score (nSPS) is 24.1. The Balaban J connectivity index is 1.40. The summed E-state index contributed by atoms with van der Waals surface area (Å²) in [6, 6.07) is 0. The van der Waals surface area contributed by atoms with Crippen molar-refractivity contribution >= 4 is 11.8 Å². The van der Waals surface area contributed by atoms with Crippen LogP contribution in [0.15, 0.2) is 11.6 Å². The lowest BCUT2D eigenvalue weighted by molar-refractivity contribution is -0.173. The number of hydrogen-bond donors (Lipinski definition) is 4. The van der Waals surface area contributed by atoms with Crippen LogP contribution >= 0.6 is 0 Å². The number of rotatable bonds is 26. The minimum atomic E-state index is -1.58. The van der Waals surface area contributed by atoms with Gasteiger partial charge in [0.2, 0.25) is 5.79 Å². The van der Waals surface area contributed by atoms with Crippen molar-refractivity contribution in [3.05, 3.63) is 11.6 Å². The highest BCUT2D eigenvalue weighted by Gasteiger charge is 2.35. The second-order valence-electron chi connectivity index (χ2n) is 13.3. The van der Waals surface area contributed by atoms with Gasteiger partial charge in [-0.1, -0.05) is 90.4 Å². The molecule has 0 aromatic carbocycles. The van der Waals surface area contributed by atoms with Crippen LogP contribution in [0, 0.1) is 0 Å². The van der Waals surface area contributed by atoms with Crippen molar-refractivity contribution < 1.29 is 39.5 Å². The third-order valence-electron chi connectivity index (χ3n) is 8.95. The average molecular weight is 611 g/mol. The molecule has 8 heteroatoms. The van der Waals surface area contributed by atoms with Crippen LogP contribution in [0.2, 0.25) is 0 Å². The molecule has 1 saturated heterocycles. The van der Waals surface area contributed by atoms with Gasteiger partial charge in [0.25, 0.3) is 0 Å². The van der Waals surface area contributed by atoms with Crippen LogP contribution in [0.5, 0.6) is 0 Å². The summed E-state index contributed by atoms with van der Waals surface area (Å²) >= 11 is 0. The number of carbonyl (C=O) groups is 2. The molecule has 0 amide bonds. The van der Waals surface area contributed by atoms with Gasteiger partial charge in [-0.25, -0.2) is 4.79 Å². The first-order chi connectivity index (χ1) is 20.6. The molecule has 0 unspecified atom stereocenters. The second-order valence-corrected chi connectivity index (χ2v) is 13.3. The van der Waals surface area contributed by atoms with Crippen LogP contribution < -0.4 is 0 Å². The summed E-state index contributed by atoms with van der Waals surface area (Å²) < 4.78 is 10.8. The van der Waals surface area contributed by atoms with E-state index in [0.717, 1.165) is 70.6 Å². The first-order valence-electron chi connectivity index (χ1n) is 17.5. The Labute approximate surface area is 260 Å². The van der Waals surface area contributed by atoms with Crippen molar-refractivity contribution in [2.45, 2.75) is 198 Å². The van der Waals surface area contributed by atoms with Gasteiger partial charge in [0, 0.05) is 31.8 Å². The zero-order chi connectivity index (χ0) is 31.5. The molecule has 2 aliphatic rings. The lowest BCUT2D eigenvalue weighted by atomic mass is 9.99. The van der Waals surface area contributed by atoms with Crippen molar-refractivity contribution in [1.82, 2.24) is 0 Å². The van der Waals surface area contributed by atoms with E-state index < -0.39 is 30.1 Å². The first kappa shape index (κ1) is 37.9. The zero-order valence-corrected chi connectivity index (χ0v) is 27.1. The predicted molar refractivity (Wildman–Crippen MR) is 168 cm³/mol. The fourth-order valence-electron chi connectivity index (χ4n) is 6.31. The molecule has 250 valence electrons. The highest BCUT2D eigenvalue weighted by molar-refractivity contribution is 5.91. The summed E-state index contributed by atoms with van der Waals surface area (Å²) in [4.78, 5) is 23.9. The lowest BCUT2D eigenvalue weighted by Crippen LogP contribution is -2.31. The van der Waals surface area contributed by atoms with Crippen molar-refractivity contribution in [3.63, 3.8) is 0 Å². The van der Waals surface area contributed by atoms with Gasteiger partial charge in [-0.05, 0) is 51.0 Å². The molecular formula is C35H62O8. The molecule has 1 fully saturated rings. The summed E-state index contributed by atoms with van der Waals surface area (Å²) in [6.45, 7) is 3.62. The van der Waals surface area contributed by atoms with Crippen LogP contribution in [-0.2, 0) is 19.1 Å². The van der Waals surface area contributed by atoms with Gasteiger partial charge < -0.3 is 29.9 Å². The summed E-state index contributed by atoms with van der Waals surface area (Å²) in [5.74, 6) is -1.89. The number of carbonyl (C=O) groups excluding carboxylic acids is 2. The number of ketones is 1. The Morgan fingerprint density at radius 1 is 0.791 bits per heavy atom. The molecule has 2 aliphatic heterocycles. The minimum absolute atomic E-state index is 0.144. The standard InChI is InChI=1S/C35H62O8/c1-3-4-5-6-7-8-9-16-21-30(38)32-23-24-33(42-32)31(39)22-17-11-10-13-18-28(36)19-14-12-15-20-29(37)25-27-26-35(2,41)43-34(27)40/h26,29-33,37-39,41H,3-25H2,1-2H3/t29-,30-,31+,32+,33-,35-/m1/s1. The molecule has 0 aliphatic carbocycles.